The maximum Gasteiger partial charge on any atom is 0.134 e. The van der Waals surface area contributed by atoms with Gasteiger partial charge >= 0.3 is 0 Å². The molecule has 0 spiro atoms. The Balaban J connectivity index is 2.10. The van der Waals surface area contributed by atoms with Crippen LogP contribution in [0.2, 0.25) is 0 Å². The number of nitrogens with zero attached hydrogens (tertiary/aromatic N) is 3. The second kappa shape index (κ2) is 5.12. The van der Waals surface area contributed by atoms with Gasteiger partial charge in [0.05, 0.1) is 0 Å². The molecule has 1 aromatic rings. The standard InChI is InChI=1S/C11H19N5/c1-13-10-5-11(15-8-14-10)16-4-2-3-9(6-12)7-16/h5,8-9H,2-4,6-7,12H2,1H3,(H,13,14,15). The van der Waals surface area contributed by atoms with Gasteiger partial charge in [0.25, 0.3) is 0 Å². The Morgan fingerprint density at radius 2 is 2.44 bits per heavy atom. The van der Waals surface area contributed by atoms with E-state index in [0.717, 1.165) is 31.3 Å². The van der Waals surface area contributed by atoms with Gasteiger partial charge in [-0.1, -0.05) is 0 Å². The van der Waals surface area contributed by atoms with Crippen LogP contribution in [0, 0.1) is 5.92 Å². The van der Waals surface area contributed by atoms with E-state index in [1.54, 1.807) is 6.33 Å². The topological polar surface area (TPSA) is 67.1 Å². The van der Waals surface area contributed by atoms with E-state index in [9.17, 15) is 0 Å². The van der Waals surface area contributed by atoms with Crippen molar-refractivity contribution in [2.45, 2.75) is 12.8 Å². The van der Waals surface area contributed by atoms with Crippen LogP contribution >= 0.6 is 0 Å². The fourth-order valence-electron chi connectivity index (χ4n) is 2.12. The lowest BCUT2D eigenvalue weighted by atomic mass is 9.98. The van der Waals surface area contributed by atoms with Crippen molar-refractivity contribution < 1.29 is 0 Å². The number of nitrogens with two attached hydrogens (primary N) is 1. The van der Waals surface area contributed by atoms with Crippen LogP contribution < -0.4 is 16.0 Å². The Kier molecular flexibility index (Phi) is 3.56. The van der Waals surface area contributed by atoms with Gasteiger partial charge in [-0.2, -0.15) is 0 Å². The normalized spacial score (nSPS) is 20.9. The first-order valence-corrected chi connectivity index (χ1v) is 5.78. The molecule has 5 nitrogen and oxygen atoms in total. The monoisotopic (exact) mass is 221 g/mol. The smallest absolute Gasteiger partial charge is 0.134 e. The molecule has 1 aliphatic rings. The Hall–Kier alpha value is -1.36. The van der Waals surface area contributed by atoms with Crippen molar-refractivity contribution in [3.05, 3.63) is 12.4 Å². The number of hydrogen-bond acceptors (Lipinski definition) is 5. The van der Waals surface area contributed by atoms with E-state index in [4.69, 9.17) is 5.73 Å². The highest BCUT2D eigenvalue weighted by atomic mass is 15.2. The average molecular weight is 221 g/mol. The first-order valence-electron chi connectivity index (χ1n) is 5.78. The zero-order valence-electron chi connectivity index (χ0n) is 9.69. The number of nitrogens with one attached hydrogen (secondary N) is 1. The summed E-state index contributed by atoms with van der Waals surface area (Å²) in [5.74, 6) is 2.46. The van der Waals surface area contributed by atoms with Gasteiger partial charge < -0.3 is 16.0 Å². The van der Waals surface area contributed by atoms with E-state index >= 15 is 0 Å². The van der Waals surface area contributed by atoms with E-state index in [1.165, 1.54) is 12.8 Å². The van der Waals surface area contributed by atoms with Crippen molar-refractivity contribution in [3.8, 4) is 0 Å². The van der Waals surface area contributed by atoms with Crippen molar-refractivity contribution in [2.24, 2.45) is 11.7 Å². The quantitative estimate of drug-likeness (QED) is 0.786. The summed E-state index contributed by atoms with van der Waals surface area (Å²) in [5.41, 5.74) is 5.73. The molecule has 1 aliphatic heterocycles. The molecule has 0 amide bonds. The Morgan fingerprint density at radius 3 is 3.19 bits per heavy atom. The van der Waals surface area contributed by atoms with Gasteiger partial charge in [-0.15, -0.1) is 0 Å². The molecular formula is C11H19N5. The van der Waals surface area contributed by atoms with Crippen LogP contribution in [0.5, 0.6) is 0 Å². The molecule has 16 heavy (non-hydrogen) atoms. The van der Waals surface area contributed by atoms with Gasteiger partial charge in [0.15, 0.2) is 0 Å². The van der Waals surface area contributed by atoms with Crippen LogP contribution in [0.15, 0.2) is 12.4 Å². The lowest BCUT2D eigenvalue weighted by Gasteiger charge is -2.33. The third-order valence-electron chi connectivity index (χ3n) is 3.09. The third kappa shape index (κ3) is 2.41. The maximum atomic E-state index is 5.73. The van der Waals surface area contributed by atoms with E-state index in [1.807, 2.05) is 13.1 Å². The zero-order chi connectivity index (χ0) is 11.4. The fraction of sp³-hybridized carbons (Fsp3) is 0.636. The summed E-state index contributed by atoms with van der Waals surface area (Å²) in [4.78, 5) is 10.7. The first kappa shape index (κ1) is 11.1. The van der Waals surface area contributed by atoms with Crippen molar-refractivity contribution in [1.29, 1.82) is 0 Å². The lowest BCUT2D eigenvalue weighted by Crippen LogP contribution is -2.38. The average Bonchev–Trinajstić information content (AvgIpc) is 2.39. The van der Waals surface area contributed by atoms with E-state index in [-0.39, 0.29) is 0 Å². The van der Waals surface area contributed by atoms with E-state index in [0.29, 0.717) is 5.92 Å². The molecule has 2 rings (SSSR count). The van der Waals surface area contributed by atoms with Crippen molar-refractivity contribution in [1.82, 2.24) is 9.97 Å². The Morgan fingerprint density at radius 1 is 1.56 bits per heavy atom. The zero-order valence-corrected chi connectivity index (χ0v) is 9.69. The fourth-order valence-corrected chi connectivity index (χ4v) is 2.12. The second-order valence-electron chi connectivity index (χ2n) is 4.20. The first-order chi connectivity index (χ1) is 7.83. The van der Waals surface area contributed by atoms with Crippen LogP contribution in [0.4, 0.5) is 11.6 Å². The summed E-state index contributed by atoms with van der Waals surface area (Å²) in [6.07, 6.45) is 4.03. The van der Waals surface area contributed by atoms with Crippen LogP contribution in [0.3, 0.4) is 0 Å². The molecule has 0 aliphatic carbocycles. The van der Waals surface area contributed by atoms with Gasteiger partial charge in [0, 0.05) is 26.2 Å². The molecule has 2 heterocycles. The molecule has 5 heteroatoms. The summed E-state index contributed by atoms with van der Waals surface area (Å²) in [5, 5.41) is 3.03. The van der Waals surface area contributed by atoms with Crippen LogP contribution in [-0.4, -0.2) is 36.6 Å². The predicted molar refractivity (Wildman–Crippen MR) is 65.6 cm³/mol. The molecular weight excluding hydrogens is 202 g/mol. The predicted octanol–water partition coefficient (Wildman–Crippen LogP) is 0.693. The highest BCUT2D eigenvalue weighted by molar-refractivity contribution is 5.48. The Labute approximate surface area is 96.1 Å². The molecule has 1 aromatic heterocycles. The van der Waals surface area contributed by atoms with Gasteiger partial charge in [0.2, 0.25) is 0 Å². The summed E-state index contributed by atoms with van der Waals surface area (Å²) in [6.45, 7) is 2.84. The molecule has 0 aromatic carbocycles. The molecule has 1 saturated heterocycles. The molecule has 88 valence electrons. The summed E-state index contributed by atoms with van der Waals surface area (Å²) in [6, 6.07) is 1.99. The highest BCUT2D eigenvalue weighted by Gasteiger charge is 2.19. The van der Waals surface area contributed by atoms with Gasteiger partial charge in [-0.05, 0) is 25.3 Å². The SMILES string of the molecule is CNc1cc(N2CCCC(CN)C2)ncn1. The molecule has 3 N–H and O–H groups in total. The van der Waals surface area contributed by atoms with E-state index < -0.39 is 0 Å². The number of piperidine rings is 1. The number of anilines is 2. The largest absolute Gasteiger partial charge is 0.373 e. The van der Waals surface area contributed by atoms with Crippen molar-refractivity contribution in [2.75, 3.05) is 36.9 Å². The van der Waals surface area contributed by atoms with Crippen molar-refractivity contribution in [3.63, 3.8) is 0 Å². The summed E-state index contributed by atoms with van der Waals surface area (Å²) < 4.78 is 0. The molecule has 1 unspecified atom stereocenters. The lowest BCUT2D eigenvalue weighted by molar-refractivity contribution is 0.421. The van der Waals surface area contributed by atoms with Gasteiger partial charge in [0.1, 0.15) is 18.0 Å². The van der Waals surface area contributed by atoms with E-state index in [2.05, 4.69) is 20.2 Å². The molecule has 1 atom stereocenters. The highest BCUT2D eigenvalue weighted by Crippen LogP contribution is 2.21. The molecule has 0 saturated carbocycles. The number of aromatic nitrogens is 2. The number of rotatable bonds is 3. The molecule has 0 bridgehead atoms. The van der Waals surface area contributed by atoms with Crippen LogP contribution in [0.1, 0.15) is 12.8 Å². The second-order valence-corrected chi connectivity index (χ2v) is 4.20. The minimum absolute atomic E-state index is 0.599. The summed E-state index contributed by atoms with van der Waals surface area (Å²) >= 11 is 0. The minimum Gasteiger partial charge on any atom is -0.373 e. The van der Waals surface area contributed by atoms with Crippen molar-refractivity contribution >= 4 is 11.6 Å². The van der Waals surface area contributed by atoms with Crippen LogP contribution in [0.25, 0.3) is 0 Å². The summed E-state index contributed by atoms with van der Waals surface area (Å²) in [7, 11) is 1.87. The number of hydrogen-bond donors (Lipinski definition) is 2. The van der Waals surface area contributed by atoms with Gasteiger partial charge in [-0.3, -0.25) is 0 Å². The third-order valence-corrected chi connectivity index (χ3v) is 3.09. The molecule has 1 fully saturated rings. The molecule has 0 radical (unpaired) electrons. The maximum absolute atomic E-state index is 5.73. The minimum atomic E-state index is 0.599. The van der Waals surface area contributed by atoms with Gasteiger partial charge in [-0.25, -0.2) is 9.97 Å². The Bertz CT molecular complexity index is 341. The van der Waals surface area contributed by atoms with Crippen LogP contribution in [-0.2, 0) is 0 Å².